The van der Waals surface area contributed by atoms with Gasteiger partial charge in [0, 0.05) is 0 Å². The van der Waals surface area contributed by atoms with Gasteiger partial charge in [0.2, 0.25) is 0 Å². The molecule has 5 rings (SSSR count). The first-order valence-corrected chi connectivity index (χ1v) is 22.6. The van der Waals surface area contributed by atoms with Crippen molar-refractivity contribution in [1.29, 1.82) is 0 Å². The van der Waals surface area contributed by atoms with Crippen molar-refractivity contribution in [2.45, 2.75) is 245 Å². The van der Waals surface area contributed by atoms with E-state index in [9.17, 15) is 0 Å². The molecule has 0 aromatic carbocycles. The van der Waals surface area contributed by atoms with Gasteiger partial charge < -0.3 is 0 Å². The standard InChI is InChI=1S/C46H84/c1-3-5-7-9-11-13-15-17-19-39-21-25-41(26-22-39)43-29-33-45(34-30-43)37-46(38-45)35-31-44(32-36-46)42-27-23-40(24-28-42)20-18-16-14-12-10-8-6-4-2/h39-44H,3-38H2,1-2H3. The summed E-state index contributed by atoms with van der Waals surface area (Å²) in [7, 11) is 0. The Balaban J connectivity index is 0.876. The lowest BCUT2D eigenvalue weighted by Crippen LogP contribution is -2.50. The molecule has 0 heteroatoms. The van der Waals surface area contributed by atoms with E-state index >= 15 is 0 Å². The zero-order valence-corrected chi connectivity index (χ0v) is 31.9. The van der Waals surface area contributed by atoms with Crippen LogP contribution in [0.3, 0.4) is 0 Å². The molecule has 0 nitrogen and oxygen atoms in total. The molecule has 46 heavy (non-hydrogen) atoms. The van der Waals surface area contributed by atoms with Crippen LogP contribution >= 0.6 is 0 Å². The van der Waals surface area contributed by atoms with Crippen molar-refractivity contribution in [3.8, 4) is 0 Å². The maximum Gasteiger partial charge on any atom is -0.0287 e. The summed E-state index contributed by atoms with van der Waals surface area (Å²) < 4.78 is 0. The number of hydrogen-bond donors (Lipinski definition) is 0. The summed E-state index contributed by atoms with van der Waals surface area (Å²) >= 11 is 0. The highest BCUT2D eigenvalue weighted by molar-refractivity contribution is 5.07. The fourth-order valence-corrected chi connectivity index (χ4v) is 12.7. The maximum atomic E-state index is 2.33. The van der Waals surface area contributed by atoms with Crippen molar-refractivity contribution in [3.63, 3.8) is 0 Å². The predicted molar refractivity (Wildman–Crippen MR) is 203 cm³/mol. The molecule has 0 heterocycles. The molecule has 5 saturated carbocycles. The Morgan fingerprint density at radius 3 is 0.935 bits per heavy atom. The van der Waals surface area contributed by atoms with E-state index in [4.69, 9.17) is 0 Å². The van der Waals surface area contributed by atoms with Crippen molar-refractivity contribution in [2.24, 2.45) is 46.3 Å². The van der Waals surface area contributed by atoms with Crippen LogP contribution in [0.2, 0.25) is 0 Å². The third-order valence-electron chi connectivity index (χ3n) is 15.7. The van der Waals surface area contributed by atoms with Gasteiger partial charge in [-0.25, -0.2) is 0 Å². The maximum absolute atomic E-state index is 2.33. The Kier molecular flexibility index (Phi) is 16.2. The van der Waals surface area contributed by atoms with E-state index in [-0.39, 0.29) is 0 Å². The average molecular weight is 637 g/mol. The van der Waals surface area contributed by atoms with Gasteiger partial charge in [0.05, 0.1) is 0 Å². The highest BCUT2D eigenvalue weighted by Crippen LogP contribution is 2.67. The molecule has 0 aromatic rings. The van der Waals surface area contributed by atoms with Crippen LogP contribution in [0, 0.1) is 46.3 Å². The summed E-state index contributed by atoms with van der Waals surface area (Å²) in [6, 6.07) is 0. The van der Waals surface area contributed by atoms with Crippen molar-refractivity contribution >= 4 is 0 Å². The number of unbranched alkanes of at least 4 members (excludes halogenated alkanes) is 14. The first kappa shape index (κ1) is 37.3. The van der Waals surface area contributed by atoms with Gasteiger partial charge in [0.1, 0.15) is 0 Å². The molecular formula is C46H84. The van der Waals surface area contributed by atoms with Gasteiger partial charge in [-0.15, -0.1) is 0 Å². The largest absolute Gasteiger partial charge is 0.0654 e. The molecule has 0 amide bonds. The van der Waals surface area contributed by atoms with Gasteiger partial charge in [-0.3, -0.25) is 0 Å². The smallest absolute Gasteiger partial charge is 0.0287 e. The van der Waals surface area contributed by atoms with E-state index in [2.05, 4.69) is 13.8 Å². The zero-order valence-electron chi connectivity index (χ0n) is 31.9. The van der Waals surface area contributed by atoms with Gasteiger partial charge in [0.25, 0.3) is 0 Å². The first-order chi connectivity index (χ1) is 22.6. The minimum absolute atomic E-state index is 0.810. The quantitative estimate of drug-likeness (QED) is 0.117. The van der Waals surface area contributed by atoms with Gasteiger partial charge in [0.15, 0.2) is 0 Å². The highest BCUT2D eigenvalue weighted by Gasteiger charge is 2.56. The van der Waals surface area contributed by atoms with Crippen LogP contribution in [0.15, 0.2) is 0 Å². The second kappa shape index (κ2) is 20.0. The fraction of sp³-hybridized carbons (Fsp3) is 1.00. The summed E-state index contributed by atoms with van der Waals surface area (Å²) in [5.74, 6) is 6.59. The van der Waals surface area contributed by atoms with Crippen LogP contribution in [0.4, 0.5) is 0 Å². The number of hydrogen-bond acceptors (Lipinski definition) is 0. The highest BCUT2D eigenvalue weighted by atomic mass is 14.6. The van der Waals surface area contributed by atoms with Crippen molar-refractivity contribution < 1.29 is 0 Å². The lowest BCUT2D eigenvalue weighted by Gasteiger charge is -2.62. The molecule has 0 saturated heterocycles. The van der Waals surface area contributed by atoms with E-state index in [1.165, 1.54) is 103 Å². The lowest BCUT2D eigenvalue weighted by molar-refractivity contribution is -0.109. The summed E-state index contributed by atoms with van der Waals surface area (Å²) in [4.78, 5) is 0. The zero-order chi connectivity index (χ0) is 31.9. The molecule has 0 unspecified atom stereocenters. The molecular weight excluding hydrogens is 553 g/mol. The second-order valence-electron chi connectivity index (χ2n) is 19.1. The van der Waals surface area contributed by atoms with Gasteiger partial charge >= 0.3 is 0 Å². The molecule has 0 atom stereocenters. The fourth-order valence-electron chi connectivity index (χ4n) is 12.7. The third kappa shape index (κ3) is 11.5. The molecule has 0 bridgehead atoms. The van der Waals surface area contributed by atoms with Crippen molar-refractivity contribution in [1.82, 2.24) is 0 Å². The van der Waals surface area contributed by atoms with Crippen LogP contribution in [0.1, 0.15) is 245 Å². The SMILES string of the molecule is CCCCCCCCCCC1CCC(C2CCC3(CC2)CC2(CCC(C4CCC(CCCCCCCCCC)CC4)CC2)C3)CC1. The lowest BCUT2D eigenvalue weighted by atomic mass is 9.43. The molecule has 5 fully saturated rings. The van der Waals surface area contributed by atoms with Crippen LogP contribution < -0.4 is 0 Å². The molecule has 5 aliphatic rings. The van der Waals surface area contributed by atoms with Crippen molar-refractivity contribution in [3.05, 3.63) is 0 Å². The molecule has 0 aromatic heterocycles. The molecule has 0 radical (unpaired) electrons. The van der Waals surface area contributed by atoms with Crippen LogP contribution in [-0.2, 0) is 0 Å². The summed E-state index contributed by atoms with van der Waals surface area (Å²) in [5, 5.41) is 0. The van der Waals surface area contributed by atoms with E-state index in [1.54, 1.807) is 128 Å². The van der Waals surface area contributed by atoms with E-state index in [0.29, 0.717) is 0 Å². The second-order valence-corrected chi connectivity index (χ2v) is 19.1. The molecule has 5 aliphatic carbocycles. The first-order valence-electron chi connectivity index (χ1n) is 22.6. The van der Waals surface area contributed by atoms with Crippen LogP contribution in [0.5, 0.6) is 0 Å². The van der Waals surface area contributed by atoms with Gasteiger partial charge in [-0.2, -0.15) is 0 Å². The Morgan fingerprint density at radius 2 is 0.609 bits per heavy atom. The Morgan fingerprint density at radius 1 is 0.326 bits per heavy atom. The van der Waals surface area contributed by atoms with E-state index in [0.717, 1.165) is 46.3 Å². The minimum Gasteiger partial charge on any atom is -0.0654 e. The Hall–Kier alpha value is 0. The molecule has 0 N–H and O–H groups in total. The molecule has 268 valence electrons. The van der Waals surface area contributed by atoms with Crippen LogP contribution in [-0.4, -0.2) is 0 Å². The number of rotatable bonds is 20. The summed E-state index contributed by atoms with van der Waals surface area (Å²) in [6.07, 6.45) is 55.6. The normalized spacial score (nSPS) is 36.7. The molecule has 0 aliphatic heterocycles. The Labute approximate surface area is 290 Å². The summed E-state index contributed by atoms with van der Waals surface area (Å²) in [6.45, 7) is 4.66. The Bertz CT molecular complexity index is 688. The van der Waals surface area contributed by atoms with E-state index < -0.39 is 0 Å². The average Bonchev–Trinajstić information content (AvgIpc) is 3.08. The third-order valence-corrected chi connectivity index (χ3v) is 15.7. The predicted octanol–water partition coefficient (Wildman–Crippen LogP) is 15.8. The van der Waals surface area contributed by atoms with Crippen LogP contribution in [0.25, 0.3) is 0 Å². The van der Waals surface area contributed by atoms with E-state index in [1.807, 2.05) is 0 Å². The van der Waals surface area contributed by atoms with Gasteiger partial charge in [-0.1, -0.05) is 155 Å². The molecule has 2 spiro atoms. The van der Waals surface area contributed by atoms with Crippen molar-refractivity contribution in [2.75, 3.05) is 0 Å². The minimum atomic E-state index is 0.810. The summed E-state index contributed by atoms with van der Waals surface area (Å²) in [5.41, 5.74) is 1.62. The monoisotopic (exact) mass is 637 g/mol. The van der Waals surface area contributed by atoms with Gasteiger partial charge in [-0.05, 0) is 136 Å². The topological polar surface area (TPSA) is 0 Å².